The van der Waals surface area contributed by atoms with E-state index in [9.17, 15) is 22.8 Å². The Bertz CT molecular complexity index is 258. The normalized spacial score (nSPS) is 24.1. The summed E-state index contributed by atoms with van der Waals surface area (Å²) in [5, 5.41) is 1.44. The van der Waals surface area contributed by atoms with Crippen molar-refractivity contribution in [2.45, 2.75) is 6.18 Å². The van der Waals surface area contributed by atoms with Crippen LogP contribution in [0.2, 0.25) is 0 Å². The van der Waals surface area contributed by atoms with E-state index in [1.54, 1.807) is 0 Å². The predicted molar refractivity (Wildman–Crippen MR) is 31.6 cm³/mol. The summed E-state index contributed by atoms with van der Waals surface area (Å²) in [4.78, 5) is 23.6. The highest BCUT2D eigenvalue weighted by molar-refractivity contribution is 6.09. The Morgan fingerprint density at radius 3 is 2.42 bits per heavy atom. The molecule has 3 amide bonds. The summed E-state index contributed by atoms with van der Waals surface area (Å²) < 4.78 is 35.6. The molecule has 0 aliphatic carbocycles. The van der Waals surface area contributed by atoms with E-state index in [0.717, 1.165) is 0 Å². The minimum Gasteiger partial charge on any atom is -0.275 e. The number of carbonyl (C=O) groups is 2. The standard InChI is InChI=1S/C5H3F3N2O2/c6-5(7,8)2-1-9-4(12)10-3(2)11/h1-2H,(H,10,11,12)/t2-/m0/s1. The number of aliphatic imine (C=N–C) groups is 1. The first-order valence-corrected chi connectivity index (χ1v) is 2.87. The van der Waals surface area contributed by atoms with Crippen LogP contribution in [-0.2, 0) is 4.79 Å². The van der Waals surface area contributed by atoms with Crippen molar-refractivity contribution in [1.29, 1.82) is 0 Å². The molecule has 0 aromatic carbocycles. The van der Waals surface area contributed by atoms with Crippen LogP contribution in [0.4, 0.5) is 18.0 Å². The van der Waals surface area contributed by atoms with E-state index < -0.39 is 24.0 Å². The highest BCUT2D eigenvalue weighted by atomic mass is 19.4. The molecule has 12 heavy (non-hydrogen) atoms. The van der Waals surface area contributed by atoms with E-state index >= 15 is 0 Å². The first-order valence-electron chi connectivity index (χ1n) is 2.87. The zero-order valence-corrected chi connectivity index (χ0v) is 5.55. The summed E-state index contributed by atoms with van der Waals surface area (Å²) in [5.74, 6) is -3.70. The summed E-state index contributed by atoms with van der Waals surface area (Å²) in [6.07, 6.45) is -4.39. The molecule has 66 valence electrons. The van der Waals surface area contributed by atoms with E-state index in [1.807, 2.05) is 0 Å². The highest BCUT2D eigenvalue weighted by Gasteiger charge is 2.45. The molecular formula is C5H3F3N2O2. The minimum absolute atomic E-state index is 0.293. The van der Waals surface area contributed by atoms with E-state index in [2.05, 4.69) is 4.99 Å². The second-order valence-corrected chi connectivity index (χ2v) is 2.09. The van der Waals surface area contributed by atoms with Crippen LogP contribution >= 0.6 is 0 Å². The van der Waals surface area contributed by atoms with Gasteiger partial charge < -0.3 is 0 Å². The van der Waals surface area contributed by atoms with Crippen molar-refractivity contribution in [3.05, 3.63) is 0 Å². The lowest BCUT2D eigenvalue weighted by Gasteiger charge is -2.17. The topological polar surface area (TPSA) is 58.5 Å². The number of hydrogen-bond donors (Lipinski definition) is 1. The number of halogens is 3. The average molecular weight is 180 g/mol. The third-order valence-electron chi connectivity index (χ3n) is 1.21. The average Bonchev–Trinajstić information content (AvgIpc) is 1.83. The number of hydrogen-bond acceptors (Lipinski definition) is 2. The van der Waals surface area contributed by atoms with Crippen molar-refractivity contribution in [2.24, 2.45) is 10.9 Å². The SMILES string of the molecule is O=C1N=C[C@H](C(F)(F)F)C(=O)N1. The van der Waals surface area contributed by atoms with Crippen molar-refractivity contribution < 1.29 is 22.8 Å². The smallest absolute Gasteiger partial charge is 0.275 e. The zero-order valence-electron chi connectivity index (χ0n) is 5.55. The molecule has 0 bridgehead atoms. The molecule has 1 atom stereocenters. The number of nitrogens with zero attached hydrogens (tertiary/aromatic N) is 1. The molecule has 0 spiro atoms. The Labute approximate surface area is 64.5 Å². The van der Waals surface area contributed by atoms with Gasteiger partial charge in [0.1, 0.15) is 0 Å². The second kappa shape index (κ2) is 2.58. The number of imide groups is 1. The number of alkyl halides is 3. The lowest BCUT2D eigenvalue weighted by atomic mass is 10.1. The van der Waals surface area contributed by atoms with Crippen molar-refractivity contribution in [3.63, 3.8) is 0 Å². The van der Waals surface area contributed by atoms with Crippen molar-refractivity contribution in [3.8, 4) is 0 Å². The summed E-state index contributed by atoms with van der Waals surface area (Å²) in [5.41, 5.74) is 0. The first-order chi connectivity index (χ1) is 5.41. The molecule has 1 aliphatic rings. The van der Waals surface area contributed by atoms with Gasteiger partial charge in [0, 0.05) is 6.21 Å². The van der Waals surface area contributed by atoms with Gasteiger partial charge in [-0.15, -0.1) is 0 Å². The molecule has 0 aromatic rings. The number of amides is 3. The van der Waals surface area contributed by atoms with Crippen LogP contribution in [0, 0.1) is 5.92 Å². The van der Waals surface area contributed by atoms with Gasteiger partial charge in [-0.3, -0.25) is 10.1 Å². The summed E-state index contributed by atoms with van der Waals surface area (Å²) in [6.45, 7) is 0. The van der Waals surface area contributed by atoms with E-state index in [4.69, 9.17) is 0 Å². The van der Waals surface area contributed by atoms with Gasteiger partial charge in [0.25, 0.3) is 0 Å². The van der Waals surface area contributed by atoms with Gasteiger partial charge in [-0.25, -0.2) is 9.79 Å². The maximum absolute atomic E-state index is 11.9. The molecule has 0 fully saturated rings. The van der Waals surface area contributed by atoms with Crippen molar-refractivity contribution in [1.82, 2.24) is 5.32 Å². The number of carbonyl (C=O) groups excluding carboxylic acids is 2. The Morgan fingerprint density at radius 2 is 2.00 bits per heavy atom. The molecule has 0 radical (unpaired) electrons. The minimum atomic E-state index is -4.69. The Hall–Kier alpha value is -1.40. The first kappa shape index (κ1) is 8.69. The molecule has 0 unspecified atom stereocenters. The zero-order chi connectivity index (χ0) is 9.35. The Morgan fingerprint density at radius 1 is 1.42 bits per heavy atom. The second-order valence-electron chi connectivity index (χ2n) is 2.09. The molecule has 0 saturated carbocycles. The van der Waals surface area contributed by atoms with E-state index in [0.29, 0.717) is 6.21 Å². The number of rotatable bonds is 0. The van der Waals surface area contributed by atoms with E-state index in [1.165, 1.54) is 5.32 Å². The highest BCUT2D eigenvalue weighted by Crippen LogP contribution is 2.25. The molecule has 1 rings (SSSR count). The van der Waals surface area contributed by atoms with Gasteiger partial charge in [0.15, 0.2) is 5.92 Å². The monoisotopic (exact) mass is 180 g/mol. The lowest BCUT2D eigenvalue weighted by molar-refractivity contribution is -0.167. The maximum atomic E-state index is 11.9. The third-order valence-corrected chi connectivity index (χ3v) is 1.21. The fourth-order valence-corrected chi connectivity index (χ4v) is 0.659. The van der Waals surface area contributed by atoms with Crippen LogP contribution in [0.5, 0.6) is 0 Å². The van der Waals surface area contributed by atoms with Gasteiger partial charge in [-0.1, -0.05) is 0 Å². The van der Waals surface area contributed by atoms with Crippen LogP contribution in [0.1, 0.15) is 0 Å². The maximum Gasteiger partial charge on any atom is 0.405 e. The molecule has 0 aromatic heterocycles. The molecule has 0 saturated heterocycles. The van der Waals surface area contributed by atoms with Gasteiger partial charge in [0.05, 0.1) is 0 Å². The van der Waals surface area contributed by atoms with Crippen LogP contribution in [-0.4, -0.2) is 24.3 Å². The third kappa shape index (κ3) is 1.60. The van der Waals surface area contributed by atoms with Crippen LogP contribution in [0.25, 0.3) is 0 Å². The van der Waals surface area contributed by atoms with Crippen molar-refractivity contribution >= 4 is 18.2 Å². The van der Waals surface area contributed by atoms with Crippen molar-refractivity contribution in [2.75, 3.05) is 0 Å². The summed E-state index contributed by atoms with van der Waals surface area (Å²) >= 11 is 0. The Balaban J connectivity index is 2.87. The molecule has 4 nitrogen and oxygen atoms in total. The Kier molecular flexibility index (Phi) is 1.87. The van der Waals surface area contributed by atoms with Gasteiger partial charge in [-0.2, -0.15) is 13.2 Å². The quantitative estimate of drug-likeness (QED) is 0.589. The number of urea groups is 1. The van der Waals surface area contributed by atoms with Crippen LogP contribution < -0.4 is 5.32 Å². The lowest BCUT2D eigenvalue weighted by Crippen LogP contribution is -2.45. The summed E-state index contributed by atoms with van der Waals surface area (Å²) in [6, 6.07) is -1.07. The molecule has 1 N–H and O–H groups in total. The van der Waals surface area contributed by atoms with Crippen LogP contribution in [0.3, 0.4) is 0 Å². The molecule has 1 aliphatic heterocycles. The molecule has 7 heteroatoms. The van der Waals surface area contributed by atoms with E-state index in [-0.39, 0.29) is 0 Å². The largest absolute Gasteiger partial charge is 0.405 e. The number of nitrogens with one attached hydrogen (secondary N) is 1. The molecule has 1 heterocycles. The fourth-order valence-electron chi connectivity index (χ4n) is 0.659. The predicted octanol–water partition coefficient (Wildman–Crippen LogP) is 0.485. The van der Waals surface area contributed by atoms with Crippen LogP contribution in [0.15, 0.2) is 4.99 Å². The molecular weight excluding hydrogens is 177 g/mol. The van der Waals surface area contributed by atoms with Gasteiger partial charge in [-0.05, 0) is 0 Å². The fraction of sp³-hybridized carbons (Fsp3) is 0.400. The van der Waals surface area contributed by atoms with Gasteiger partial charge >= 0.3 is 12.2 Å². The van der Waals surface area contributed by atoms with Gasteiger partial charge in [0.2, 0.25) is 5.91 Å². The summed E-state index contributed by atoms with van der Waals surface area (Å²) in [7, 11) is 0.